The fourth-order valence-corrected chi connectivity index (χ4v) is 4.50. The van der Waals surface area contributed by atoms with Crippen LogP contribution in [0.3, 0.4) is 0 Å². The lowest BCUT2D eigenvalue weighted by atomic mass is 9.90. The van der Waals surface area contributed by atoms with Crippen molar-refractivity contribution < 1.29 is 0 Å². The van der Waals surface area contributed by atoms with Crippen LogP contribution in [0.4, 0.5) is 0 Å². The summed E-state index contributed by atoms with van der Waals surface area (Å²) in [5, 5.41) is 5.99. The summed E-state index contributed by atoms with van der Waals surface area (Å²) >= 11 is 1.91. The molecule has 1 unspecified atom stereocenters. The molecule has 0 amide bonds. The molecule has 1 aliphatic heterocycles. The second-order valence-corrected chi connectivity index (χ2v) is 7.23. The summed E-state index contributed by atoms with van der Waals surface area (Å²) in [7, 11) is 0. The van der Waals surface area contributed by atoms with Gasteiger partial charge in [0.05, 0.1) is 0 Å². The standard InChI is InChI=1S/C16H26N2S/c1-2-14-12-18(10-7-15-6-5-11-19-15)16(13-17-14)8-3-4-9-16/h5-6,11,14,17H,2-4,7-10,12-13H2,1H3. The van der Waals surface area contributed by atoms with Crippen LogP contribution in [0.25, 0.3) is 0 Å². The van der Waals surface area contributed by atoms with Gasteiger partial charge < -0.3 is 5.32 Å². The van der Waals surface area contributed by atoms with Gasteiger partial charge in [-0.05, 0) is 37.1 Å². The fraction of sp³-hybridized carbons (Fsp3) is 0.750. The summed E-state index contributed by atoms with van der Waals surface area (Å²) in [5.41, 5.74) is 0.489. The van der Waals surface area contributed by atoms with E-state index < -0.39 is 0 Å². The van der Waals surface area contributed by atoms with Gasteiger partial charge in [-0.25, -0.2) is 0 Å². The Morgan fingerprint density at radius 2 is 2.26 bits per heavy atom. The van der Waals surface area contributed by atoms with Gasteiger partial charge in [0, 0.05) is 36.1 Å². The lowest BCUT2D eigenvalue weighted by Crippen LogP contribution is -2.63. The zero-order valence-corrected chi connectivity index (χ0v) is 12.8. The minimum Gasteiger partial charge on any atom is -0.311 e. The molecule has 1 spiro atoms. The van der Waals surface area contributed by atoms with E-state index in [2.05, 4.69) is 34.7 Å². The molecule has 2 aliphatic rings. The van der Waals surface area contributed by atoms with E-state index >= 15 is 0 Å². The van der Waals surface area contributed by atoms with E-state index in [9.17, 15) is 0 Å². The SMILES string of the molecule is CCC1CN(CCc2cccs2)C2(CCCC2)CN1. The molecule has 1 aromatic rings. The molecule has 2 fully saturated rings. The lowest BCUT2D eigenvalue weighted by Gasteiger charge is -2.48. The highest BCUT2D eigenvalue weighted by Gasteiger charge is 2.42. The average Bonchev–Trinajstić information content (AvgIpc) is 3.10. The largest absolute Gasteiger partial charge is 0.311 e. The Hall–Kier alpha value is -0.380. The molecule has 3 heteroatoms. The second kappa shape index (κ2) is 5.94. The highest BCUT2D eigenvalue weighted by atomic mass is 32.1. The van der Waals surface area contributed by atoms with E-state index in [-0.39, 0.29) is 0 Å². The van der Waals surface area contributed by atoms with Crippen molar-refractivity contribution in [3.05, 3.63) is 22.4 Å². The molecular formula is C16H26N2S. The van der Waals surface area contributed by atoms with Gasteiger partial charge in [0.25, 0.3) is 0 Å². The Morgan fingerprint density at radius 1 is 1.42 bits per heavy atom. The van der Waals surface area contributed by atoms with Crippen LogP contribution < -0.4 is 5.32 Å². The van der Waals surface area contributed by atoms with E-state index in [1.165, 1.54) is 58.2 Å². The predicted molar refractivity (Wildman–Crippen MR) is 82.9 cm³/mol. The molecular weight excluding hydrogens is 252 g/mol. The molecule has 0 radical (unpaired) electrons. The maximum Gasteiger partial charge on any atom is 0.0334 e. The minimum atomic E-state index is 0.489. The molecule has 1 saturated heterocycles. The van der Waals surface area contributed by atoms with Crippen molar-refractivity contribution in [1.82, 2.24) is 10.2 Å². The van der Waals surface area contributed by atoms with Crippen LogP contribution in [0, 0.1) is 0 Å². The van der Waals surface area contributed by atoms with Crippen molar-refractivity contribution >= 4 is 11.3 Å². The van der Waals surface area contributed by atoms with E-state index in [0.29, 0.717) is 11.6 Å². The Morgan fingerprint density at radius 3 is 2.95 bits per heavy atom. The first-order chi connectivity index (χ1) is 9.32. The molecule has 1 aliphatic carbocycles. The summed E-state index contributed by atoms with van der Waals surface area (Å²) in [4.78, 5) is 4.37. The Balaban J connectivity index is 1.66. The normalized spacial score (nSPS) is 27.1. The number of hydrogen-bond donors (Lipinski definition) is 1. The van der Waals surface area contributed by atoms with Crippen molar-refractivity contribution in [1.29, 1.82) is 0 Å². The third kappa shape index (κ3) is 2.88. The van der Waals surface area contributed by atoms with Crippen LogP contribution in [-0.2, 0) is 6.42 Å². The molecule has 0 bridgehead atoms. The number of nitrogens with zero attached hydrogens (tertiary/aromatic N) is 1. The van der Waals surface area contributed by atoms with Crippen LogP contribution >= 0.6 is 11.3 Å². The maximum atomic E-state index is 3.79. The van der Waals surface area contributed by atoms with Crippen molar-refractivity contribution in [2.24, 2.45) is 0 Å². The Labute approximate surface area is 121 Å². The molecule has 2 heterocycles. The number of nitrogens with one attached hydrogen (secondary N) is 1. The smallest absolute Gasteiger partial charge is 0.0334 e. The first kappa shape index (κ1) is 13.6. The van der Waals surface area contributed by atoms with Gasteiger partial charge in [-0.2, -0.15) is 0 Å². The highest BCUT2D eigenvalue weighted by molar-refractivity contribution is 7.09. The zero-order valence-electron chi connectivity index (χ0n) is 12.0. The molecule has 19 heavy (non-hydrogen) atoms. The van der Waals surface area contributed by atoms with Crippen molar-refractivity contribution in [2.75, 3.05) is 19.6 Å². The van der Waals surface area contributed by atoms with Crippen molar-refractivity contribution in [2.45, 2.75) is 57.0 Å². The number of rotatable bonds is 4. The molecule has 0 aromatic carbocycles. The molecule has 2 nitrogen and oxygen atoms in total. The van der Waals surface area contributed by atoms with Gasteiger partial charge in [0.2, 0.25) is 0 Å². The lowest BCUT2D eigenvalue weighted by molar-refractivity contribution is 0.0434. The van der Waals surface area contributed by atoms with Gasteiger partial charge in [-0.15, -0.1) is 11.3 Å². The van der Waals surface area contributed by atoms with Crippen LogP contribution in [0.1, 0.15) is 43.9 Å². The van der Waals surface area contributed by atoms with Crippen LogP contribution in [0.2, 0.25) is 0 Å². The van der Waals surface area contributed by atoms with E-state index in [1.807, 2.05) is 11.3 Å². The van der Waals surface area contributed by atoms with E-state index in [1.54, 1.807) is 4.88 Å². The van der Waals surface area contributed by atoms with Gasteiger partial charge in [0.1, 0.15) is 0 Å². The third-order valence-corrected chi connectivity index (χ3v) is 6.00. The summed E-state index contributed by atoms with van der Waals surface area (Å²) < 4.78 is 0. The van der Waals surface area contributed by atoms with E-state index in [4.69, 9.17) is 0 Å². The van der Waals surface area contributed by atoms with Gasteiger partial charge in [0.15, 0.2) is 0 Å². The van der Waals surface area contributed by atoms with Crippen LogP contribution in [0.5, 0.6) is 0 Å². The van der Waals surface area contributed by atoms with E-state index in [0.717, 1.165) is 0 Å². The highest BCUT2D eigenvalue weighted by Crippen LogP contribution is 2.37. The Bertz CT molecular complexity index is 381. The maximum absolute atomic E-state index is 3.79. The molecule has 106 valence electrons. The topological polar surface area (TPSA) is 15.3 Å². The van der Waals surface area contributed by atoms with Gasteiger partial charge >= 0.3 is 0 Å². The third-order valence-electron chi connectivity index (χ3n) is 5.07. The summed E-state index contributed by atoms with van der Waals surface area (Å²) in [5.74, 6) is 0. The van der Waals surface area contributed by atoms with Crippen molar-refractivity contribution in [3.63, 3.8) is 0 Å². The Kier molecular flexibility index (Phi) is 4.25. The fourth-order valence-electron chi connectivity index (χ4n) is 3.80. The molecule has 1 N–H and O–H groups in total. The molecule has 1 atom stereocenters. The summed E-state index contributed by atoms with van der Waals surface area (Å²) in [6.45, 7) is 6.03. The number of hydrogen-bond acceptors (Lipinski definition) is 3. The second-order valence-electron chi connectivity index (χ2n) is 6.19. The monoisotopic (exact) mass is 278 g/mol. The minimum absolute atomic E-state index is 0.489. The first-order valence-electron chi connectivity index (χ1n) is 7.83. The summed E-state index contributed by atoms with van der Waals surface area (Å²) in [6, 6.07) is 5.17. The van der Waals surface area contributed by atoms with Crippen LogP contribution in [0.15, 0.2) is 17.5 Å². The van der Waals surface area contributed by atoms with Gasteiger partial charge in [-0.3, -0.25) is 4.90 Å². The quantitative estimate of drug-likeness (QED) is 0.909. The zero-order chi connectivity index (χ0) is 13.1. The molecule has 1 aromatic heterocycles. The van der Waals surface area contributed by atoms with Crippen LogP contribution in [-0.4, -0.2) is 36.1 Å². The predicted octanol–water partition coefficient (Wildman–Crippen LogP) is 3.29. The number of thiophene rings is 1. The molecule has 1 saturated carbocycles. The average molecular weight is 278 g/mol. The molecule has 3 rings (SSSR count). The first-order valence-corrected chi connectivity index (χ1v) is 8.71. The number of piperazine rings is 1. The van der Waals surface area contributed by atoms with Crippen molar-refractivity contribution in [3.8, 4) is 0 Å². The van der Waals surface area contributed by atoms with Gasteiger partial charge in [-0.1, -0.05) is 25.8 Å². The summed E-state index contributed by atoms with van der Waals surface area (Å²) in [6.07, 6.45) is 8.14.